The number of benzene rings is 1. The summed E-state index contributed by atoms with van der Waals surface area (Å²) in [6, 6.07) is 8.68. The molecule has 0 atom stereocenters. The lowest BCUT2D eigenvalue weighted by atomic mass is 10.2. The minimum absolute atomic E-state index is 0.141. The molecule has 0 radical (unpaired) electrons. The van der Waals surface area contributed by atoms with Crippen LogP contribution in [0.4, 0.5) is 5.69 Å². The van der Waals surface area contributed by atoms with E-state index in [1.54, 1.807) is 30.3 Å². The van der Waals surface area contributed by atoms with Crippen molar-refractivity contribution in [3.8, 4) is 0 Å². The molecule has 3 N–H and O–H groups in total. The van der Waals surface area contributed by atoms with Gasteiger partial charge in [-0.1, -0.05) is 18.2 Å². The van der Waals surface area contributed by atoms with Gasteiger partial charge in [0.25, 0.3) is 0 Å². The molecule has 1 aromatic rings. The van der Waals surface area contributed by atoms with Gasteiger partial charge in [0.15, 0.2) is 0 Å². The Bertz CT molecular complexity index is 365. The monoisotopic (exact) mass is 222 g/mol. The van der Waals surface area contributed by atoms with E-state index in [9.17, 15) is 9.59 Å². The van der Waals surface area contributed by atoms with Crippen LogP contribution in [0, 0.1) is 0 Å². The molecule has 5 heteroatoms. The Morgan fingerprint density at radius 1 is 1.25 bits per heavy atom. The topological polar surface area (TPSA) is 83.6 Å². The molecule has 0 aromatic heterocycles. The summed E-state index contributed by atoms with van der Waals surface area (Å²) in [5, 5.41) is 8.74. The molecule has 0 aliphatic carbocycles. The van der Waals surface area contributed by atoms with E-state index < -0.39 is 5.97 Å². The molecule has 0 heterocycles. The molecule has 0 saturated heterocycles. The van der Waals surface area contributed by atoms with E-state index in [4.69, 9.17) is 10.8 Å². The van der Waals surface area contributed by atoms with Gasteiger partial charge in [0.05, 0.1) is 0 Å². The number of nitrogens with two attached hydrogens (primary N) is 1. The largest absolute Gasteiger partial charge is 0.480 e. The van der Waals surface area contributed by atoms with Gasteiger partial charge in [-0.2, -0.15) is 0 Å². The molecule has 0 aliphatic heterocycles. The van der Waals surface area contributed by atoms with Crippen molar-refractivity contribution in [1.29, 1.82) is 0 Å². The number of carboxylic acid groups (broad SMARTS) is 1. The maximum absolute atomic E-state index is 11.7. The summed E-state index contributed by atoms with van der Waals surface area (Å²) in [7, 11) is 0. The molecule has 16 heavy (non-hydrogen) atoms. The van der Waals surface area contributed by atoms with E-state index in [-0.39, 0.29) is 25.4 Å². The molecule has 0 aliphatic rings. The molecular weight excluding hydrogens is 208 g/mol. The number of carboxylic acids is 1. The maximum atomic E-state index is 11.7. The normalized spacial score (nSPS) is 9.81. The lowest BCUT2D eigenvalue weighted by Crippen LogP contribution is -2.36. The number of para-hydroxylation sites is 1. The van der Waals surface area contributed by atoms with Crippen LogP contribution in [0.25, 0.3) is 0 Å². The summed E-state index contributed by atoms with van der Waals surface area (Å²) in [5.74, 6) is -1.33. The summed E-state index contributed by atoms with van der Waals surface area (Å²) in [6.07, 6.45) is 0.141. The van der Waals surface area contributed by atoms with Crippen molar-refractivity contribution in [1.82, 2.24) is 0 Å². The average molecular weight is 222 g/mol. The third kappa shape index (κ3) is 3.36. The van der Waals surface area contributed by atoms with Crippen LogP contribution in [0.1, 0.15) is 6.42 Å². The molecule has 1 aromatic carbocycles. The summed E-state index contributed by atoms with van der Waals surface area (Å²) in [6.45, 7) is -0.134. The smallest absolute Gasteiger partial charge is 0.323 e. The zero-order valence-corrected chi connectivity index (χ0v) is 8.80. The van der Waals surface area contributed by atoms with Crippen molar-refractivity contribution in [2.24, 2.45) is 5.73 Å². The highest BCUT2D eigenvalue weighted by Crippen LogP contribution is 2.13. The summed E-state index contributed by atoms with van der Waals surface area (Å²) < 4.78 is 0. The van der Waals surface area contributed by atoms with Crippen LogP contribution in [0.5, 0.6) is 0 Å². The van der Waals surface area contributed by atoms with Crippen LogP contribution in [-0.2, 0) is 9.59 Å². The van der Waals surface area contributed by atoms with Crippen LogP contribution >= 0.6 is 0 Å². The maximum Gasteiger partial charge on any atom is 0.323 e. The number of carbonyl (C=O) groups excluding carboxylic acids is 1. The van der Waals surface area contributed by atoms with Crippen molar-refractivity contribution < 1.29 is 14.7 Å². The Labute approximate surface area is 93.5 Å². The molecule has 0 unspecified atom stereocenters. The van der Waals surface area contributed by atoms with Crippen LogP contribution < -0.4 is 10.6 Å². The Kier molecular flexibility index (Phi) is 4.47. The Morgan fingerprint density at radius 2 is 1.88 bits per heavy atom. The molecule has 86 valence electrons. The van der Waals surface area contributed by atoms with E-state index in [1.165, 1.54) is 4.90 Å². The van der Waals surface area contributed by atoms with Crippen molar-refractivity contribution in [3.05, 3.63) is 30.3 Å². The van der Waals surface area contributed by atoms with E-state index >= 15 is 0 Å². The standard InChI is InChI=1S/C11H14N2O3/c12-7-6-10(14)13(8-11(15)16)9-4-2-1-3-5-9/h1-5H,6-8,12H2,(H,15,16). The summed E-state index contributed by atoms with van der Waals surface area (Å²) in [4.78, 5) is 23.5. The van der Waals surface area contributed by atoms with Gasteiger partial charge >= 0.3 is 5.97 Å². The first-order chi connectivity index (χ1) is 7.65. The Hall–Kier alpha value is -1.88. The van der Waals surface area contributed by atoms with Gasteiger partial charge in [0, 0.05) is 18.7 Å². The number of rotatable bonds is 5. The van der Waals surface area contributed by atoms with Crippen LogP contribution in [0.15, 0.2) is 30.3 Å². The third-order valence-electron chi connectivity index (χ3n) is 2.02. The van der Waals surface area contributed by atoms with E-state index in [0.717, 1.165) is 0 Å². The first kappa shape index (κ1) is 12.2. The first-order valence-electron chi connectivity index (χ1n) is 4.92. The second-order valence-corrected chi connectivity index (χ2v) is 3.25. The number of amides is 1. The zero-order valence-electron chi connectivity index (χ0n) is 8.80. The molecule has 1 rings (SSSR count). The summed E-state index contributed by atoms with van der Waals surface area (Å²) >= 11 is 0. The lowest BCUT2D eigenvalue weighted by molar-refractivity contribution is -0.136. The Balaban J connectivity index is 2.87. The molecule has 0 bridgehead atoms. The number of carbonyl (C=O) groups is 2. The molecule has 1 amide bonds. The SMILES string of the molecule is NCCC(=O)N(CC(=O)O)c1ccccc1. The highest BCUT2D eigenvalue weighted by atomic mass is 16.4. The Morgan fingerprint density at radius 3 is 2.38 bits per heavy atom. The van der Waals surface area contributed by atoms with E-state index in [0.29, 0.717) is 5.69 Å². The predicted molar refractivity (Wildman–Crippen MR) is 60.1 cm³/mol. The van der Waals surface area contributed by atoms with Gasteiger partial charge in [-0.05, 0) is 12.1 Å². The highest BCUT2D eigenvalue weighted by Gasteiger charge is 2.17. The van der Waals surface area contributed by atoms with Crippen molar-refractivity contribution in [2.45, 2.75) is 6.42 Å². The minimum Gasteiger partial charge on any atom is -0.480 e. The van der Waals surface area contributed by atoms with Crippen molar-refractivity contribution in [3.63, 3.8) is 0 Å². The lowest BCUT2D eigenvalue weighted by Gasteiger charge is -2.20. The second-order valence-electron chi connectivity index (χ2n) is 3.25. The number of hydrogen-bond acceptors (Lipinski definition) is 3. The number of aliphatic carboxylic acids is 1. The van der Waals surface area contributed by atoms with Crippen LogP contribution in [-0.4, -0.2) is 30.1 Å². The predicted octanol–water partition coefficient (Wildman–Crippen LogP) is 0.453. The zero-order chi connectivity index (χ0) is 12.0. The molecular formula is C11H14N2O3. The first-order valence-corrected chi connectivity index (χ1v) is 4.92. The van der Waals surface area contributed by atoms with Gasteiger partial charge in [0.2, 0.25) is 5.91 Å². The molecule has 0 spiro atoms. The van der Waals surface area contributed by atoms with Crippen molar-refractivity contribution in [2.75, 3.05) is 18.0 Å². The van der Waals surface area contributed by atoms with Crippen LogP contribution in [0.3, 0.4) is 0 Å². The summed E-state index contributed by atoms with van der Waals surface area (Å²) in [5.41, 5.74) is 5.85. The third-order valence-corrected chi connectivity index (χ3v) is 2.02. The van der Waals surface area contributed by atoms with Gasteiger partial charge in [-0.15, -0.1) is 0 Å². The number of anilines is 1. The fraction of sp³-hybridized carbons (Fsp3) is 0.273. The quantitative estimate of drug-likeness (QED) is 0.757. The van der Waals surface area contributed by atoms with Gasteiger partial charge in [-0.3, -0.25) is 9.59 Å². The minimum atomic E-state index is -1.05. The fourth-order valence-electron chi connectivity index (χ4n) is 1.33. The van der Waals surface area contributed by atoms with Gasteiger partial charge in [-0.25, -0.2) is 0 Å². The van der Waals surface area contributed by atoms with Gasteiger partial charge < -0.3 is 15.7 Å². The van der Waals surface area contributed by atoms with Crippen molar-refractivity contribution >= 4 is 17.6 Å². The molecule has 0 saturated carbocycles. The molecule has 5 nitrogen and oxygen atoms in total. The van der Waals surface area contributed by atoms with E-state index in [1.807, 2.05) is 0 Å². The molecule has 0 fully saturated rings. The second kappa shape index (κ2) is 5.87. The van der Waals surface area contributed by atoms with Crippen LogP contribution in [0.2, 0.25) is 0 Å². The van der Waals surface area contributed by atoms with Gasteiger partial charge in [0.1, 0.15) is 6.54 Å². The van der Waals surface area contributed by atoms with E-state index in [2.05, 4.69) is 0 Å². The number of nitrogens with zero attached hydrogens (tertiary/aromatic N) is 1. The fourth-order valence-corrected chi connectivity index (χ4v) is 1.33. The average Bonchev–Trinajstić information content (AvgIpc) is 2.27. The number of hydrogen-bond donors (Lipinski definition) is 2. The highest BCUT2D eigenvalue weighted by molar-refractivity contribution is 5.97.